The highest BCUT2D eigenvalue weighted by Crippen LogP contribution is 2.27. The molecule has 1 atom stereocenters. The summed E-state index contributed by atoms with van der Waals surface area (Å²) in [4.78, 5) is 28.9. The minimum absolute atomic E-state index is 0.103. The molecule has 0 saturated carbocycles. The maximum absolute atomic E-state index is 12.9. The van der Waals surface area contributed by atoms with Gasteiger partial charge in [-0.05, 0) is 80.7 Å². The highest BCUT2D eigenvalue weighted by atomic mass is 16.6. The van der Waals surface area contributed by atoms with E-state index in [0.717, 1.165) is 31.4 Å². The highest BCUT2D eigenvalue weighted by molar-refractivity contribution is 5.79. The number of esters is 1. The van der Waals surface area contributed by atoms with Crippen LogP contribution in [0, 0.1) is 6.92 Å². The van der Waals surface area contributed by atoms with Crippen LogP contribution in [0.3, 0.4) is 0 Å². The standard InChI is InChI=1S/C31H44N2O4/c1-9-36-28(34)31(6,7)37-27-18-15-23(19-22(27)2)11-10-12-26-21-33(29(35)32(26)8)20-24-13-16-25(17-14-24)30(3,4)5/h13-19,26H,9-12,20-21H2,1-8H3. The Labute approximate surface area is 222 Å². The number of carbonyl (C=O) groups excluding carboxylic acids is 2. The lowest BCUT2D eigenvalue weighted by atomic mass is 9.87. The molecule has 1 saturated heterocycles. The zero-order valence-electron chi connectivity index (χ0n) is 23.9. The zero-order chi connectivity index (χ0) is 27.4. The van der Waals surface area contributed by atoms with Crippen LogP contribution in [0.1, 0.15) is 76.6 Å². The van der Waals surface area contributed by atoms with E-state index in [-0.39, 0.29) is 23.5 Å². The van der Waals surface area contributed by atoms with E-state index in [1.54, 1.807) is 20.8 Å². The average molecular weight is 509 g/mol. The Morgan fingerprint density at radius 2 is 1.68 bits per heavy atom. The summed E-state index contributed by atoms with van der Waals surface area (Å²) in [6.07, 6.45) is 2.87. The number of nitrogens with zero attached hydrogens (tertiary/aromatic N) is 2. The van der Waals surface area contributed by atoms with Gasteiger partial charge in [0.25, 0.3) is 0 Å². The Kier molecular flexibility index (Phi) is 8.93. The lowest BCUT2D eigenvalue weighted by Gasteiger charge is -2.25. The molecule has 6 heteroatoms. The molecule has 0 N–H and O–H groups in total. The zero-order valence-corrected chi connectivity index (χ0v) is 23.9. The van der Waals surface area contributed by atoms with Gasteiger partial charge < -0.3 is 19.3 Å². The van der Waals surface area contributed by atoms with Gasteiger partial charge in [0, 0.05) is 20.1 Å². The van der Waals surface area contributed by atoms with Gasteiger partial charge >= 0.3 is 12.0 Å². The molecule has 1 aliphatic rings. The minimum Gasteiger partial charge on any atom is -0.476 e. The normalized spacial score (nSPS) is 16.3. The van der Waals surface area contributed by atoms with E-state index in [0.29, 0.717) is 18.9 Å². The largest absolute Gasteiger partial charge is 0.476 e. The number of urea groups is 1. The van der Waals surface area contributed by atoms with Crippen LogP contribution in [0.4, 0.5) is 4.79 Å². The molecule has 1 heterocycles. The SMILES string of the molecule is CCOC(=O)C(C)(C)Oc1ccc(CCCC2CN(Cc3ccc(C(C)(C)C)cc3)C(=O)N2C)cc1C. The molecule has 0 aliphatic carbocycles. The molecule has 0 spiro atoms. The molecule has 2 aromatic rings. The lowest BCUT2D eigenvalue weighted by Crippen LogP contribution is -2.39. The third kappa shape index (κ3) is 7.27. The smallest absolute Gasteiger partial charge is 0.349 e. The van der Waals surface area contributed by atoms with Crippen molar-refractivity contribution >= 4 is 12.0 Å². The summed E-state index contributed by atoms with van der Waals surface area (Å²) in [6, 6.07) is 15.1. The lowest BCUT2D eigenvalue weighted by molar-refractivity contribution is -0.158. The van der Waals surface area contributed by atoms with Crippen LogP contribution < -0.4 is 4.74 Å². The molecule has 0 radical (unpaired) electrons. The van der Waals surface area contributed by atoms with Crippen molar-refractivity contribution in [1.29, 1.82) is 0 Å². The van der Waals surface area contributed by atoms with E-state index < -0.39 is 5.60 Å². The van der Waals surface area contributed by atoms with E-state index >= 15 is 0 Å². The molecule has 0 aromatic heterocycles. The number of carbonyl (C=O) groups is 2. The molecular formula is C31H44N2O4. The molecule has 37 heavy (non-hydrogen) atoms. The molecule has 6 nitrogen and oxygen atoms in total. The second-order valence-corrected chi connectivity index (χ2v) is 11.7. The Morgan fingerprint density at radius 3 is 2.27 bits per heavy atom. The quantitative estimate of drug-likeness (QED) is 0.355. The third-order valence-corrected chi connectivity index (χ3v) is 7.12. The van der Waals surface area contributed by atoms with Crippen molar-refractivity contribution in [3.8, 4) is 5.75 Å². The van der Waals surface area contributed by atoms with Crippen LogP contribution in [0.5, 0.6) is 5.75 Å². The molecule has 1 fully saturated rings. The van der Waals surface area contributed by atoms with Crippen LogP contribution in [0.15, 0.2) is 42.5 Å². The van der Waals surface area contributed by atoms with Gasteiger partial charge in [0.1, 0.15) is 5.75 Å². The fourth-order valence-corrected chi connectivity index (χ4v) is 4.73. The molecule has 2 aromatic carbocycles. The summed E-state index contributed by atoms with van der Waals surface area (Å²) in [5, 5.41) is 0. The molecular weight excluding hydrogens is 464 g/mol. The Morgan fingerprint density at radius 1 is 1.03 bits per heavy atom. The van der Waals surface area contributed by atoms with Gasteiger partial charge in [-0.3, -0.25) is 0 Å². The van der Waals surface area contributed by atoms with Crippen LogP contribution in [0.25, 0.3) is 0 Å². The summed E-state index contributed by atoms with van der Waals surface area (Å²) in [7, 11) is 1.91. The maximum atomic E-state index is 12.9. The van der Waals surface area contributed by atoms with Crippen molar-refractivity contribution in [3.05, 3.63) is 64.7 Å². The van der Waals surface area contributed by atoms with Gasteiger partial charge in [0.2, 0.25) is 0 Å². The van der Waals surface area contributed by atoms with E-state index in [1.807, 2.05) is 29.8 Å². The molecule has 202 valence electrons. The predicted molar refractivity (Wildman–Crippen MR) is 148 cm³/mol. The minimum atomic E-state index is -1.04. The number of amides is 2. The van der Waals surface area contributed by atoms with Gasteiger partial charge in [-0.15, -0.1) is 0 Å². The molecule has 0 bridgehead atoms. The van der Waals surface area contributed by atoms with E-state index in [2.05, 4.69) is 57.2 Å². The first kappa shape index (κ1) is 28.5. The van der Waals surface area contributed by atoms with Gasteiger partial charge in [-0.25, -0.2) is 9.59 Å². The first-order valence-electron chi connectivity index (χ1n) is 13.4. The fraction of sp³-hybridized carbons (Fsp3) is 0.548. The van der Waals surface area contributed by atoms with Crippen molar-refractivity contribution < 1.29 is 19.1 Å². The van der Waals surface area contributed by atoms with Crippen molar-refractivity contribution in [2.75, 3.05) is 20.2 Å². The van der Waals surface area contributed by atoms with Gasteiger partial charge in [0.15, 0.2) is 5.60 Å². The molecule has 1 aliphatic heterocycles. The van der Waals surface area contributed by atoms with E-state index in [4.69, 9.17) is 9.47 Å². The number of aryl methyl sites for hydroxylation is 2. The van der Waals surface area contributed by atoms with Crippen molar-refractivity contribution in [1.82, 2.24) is 9.80 Å². The number of benzene rings is 2. The number of rotatable bonds is 10. The van der Waals surface area contributed by atoms with Crippen LogP contribution in [-0.4, -0.2) is 53.6 Å². The van der Waals surface area contributed by atoms with Gasteiger partial charge in [-0.2, -0.15) is 0 Å². The monoisotopic (exact) mass is 508 g/mol. The highest BCUT2D eigenvalue weighted by Gasteiger charge is 2.34. The Bertz CT molecular complexity index is 1090. The Hall–Kier alpha value is -3.02. The number of ether oxygens (including phenoxy) is 2. The third-order valence-electron chi connectivity index (χ3n) is 7.12. The van der Waals surface area contributed by atoms with Crippen LogP contribution in [-0.2, 0) is 27.9 Å². The molecule has 3 rings (SSSR count). The summed E-state index contributed by atoms with van der Waals surface area (Å²) in [5.41, 5.74) is 3.77. The summed E-state index contributed by atoms with van der Waals surface area (Å²) >= 11 is 0. The van der Waals surface area contributed by atoms with Crippen molar-refractivity contribution in [3.63, 3.8) is 0 Å². The summed E-state index contributed by atoms with van der Waals surface area (Å²) < 4.78 is 11.1. The van der Waals surface area contributed by atoms with Crippen molar-refractivity contribution in [2.45, 2.75) is 91.3 Å². The van der Waals surface area contributed by atoms with Crippen LogP contribution >= 0.6 is 0 Å². The van der Waals surface area contributed by atoms with Crippen LogP contribution in [0.2, 0.25) is 0 Å². The maximum Gasteiger partial charge on any atom is 0.349 e. The summed E-state index contributed by atoms with van der Waals surface area (Å²) in [5.74, 6) is 0.318. The second-order valence-electron chi connectivity index (χ2n) is 11.7. The molecule has 1 unspecified atom stereocenters. The van der Waals surface area contributed by atoms with E-state index in [1.165, 1.54) is 16.7 Å². The topological polar surface area (TPSA) is 59.1 Å². The second kappa shape index (κ2) is 11.6. The van der Waals surface area contributed by atoms with Crippen molar-refractivity contribution in [2.24, 2.45) is 0 Å². The van der Waals surface area contributed by atoms with E-state index in [9.17, 15) is 9.59 Å². The predicted octanol–water partition coefficient (Wildman–Crippen LogP) is 6.27. The fourth-order valence-electron chi connectivity index (χ4n) is 4.73. The van der Waals surface area contributed by atoms with Gasteiger partial charge in [0.05, 0.1) is 12.6 Å². The first-order chi connectivity index (χ1) is 17.3. The van der Waals surface area contributed by atoms with Gasteiger partial charge in [-0.1, -0.05) is 57.2 Å². The average Bonchev–Trinajstić information content (AvgIpc) is 3.08. The first-order valence-corrected chi connectivity index (χ1v) is 13.4. The summed E-state index contributed by atoms with van der Waals surface area (Å²) in [6.45, 7) is 15.6. The number of hydrogen-bond donors (Lipinski definition) is 0. The molecule has 2 amide bonds. The Balaban J connectivity index is 1.52. The number of likely N-dealkylation sites (N-methyl/N-ethyl adjacent to an activating group) is 1. The number of hydrogen-bond acceptors (Lipinski definition) is 4.